The van der Waals surface area contributed by atoms with Crippen LogP contribution in [0.4, 0.5) is 0 Å². The minimum atomic E-state index is -0.738. The van der Waals surface area contributed by atoms with Crippen LogP contribution in [0.5, 0.6) is 0 Å². The number of nitrogens with two attached hydrogens (primary N) is 1. The molecule has 0 aliphatic heterocycles. The number of rotatable bonds is 3. The number of halogens is 1. The Balaban J connectivity index is 3.04. The lowest BCUT2D eigenvalue weighted by Gasteiger charge is -2.19. The molecular weight excluding hydrogens is 266 g/mol. The maximum atomic E-state index is 12.0. The smallest absolute Gasteiger partial charge is 0.252 e. The number of hydrogen-bond acceptors (Lipinski definition) is 3. The Morgan fingerprint density at radius 3 is 2.42 bits per heavy atom. The largest absolute Gasteiger partial charge is 0.368 e. The summed E-state index contributed by atoms with van der Waals surface area (Å²) >= 11 is 5.92. The molecule has 0 saturated carbocycles. The molecule has 0 spiro atoms. The quantitative estimate of drug-likeness (QED) is 0.827. The topological polar surface area (TPSA) is 85.1 Å². The van der Waals surface area contributed by atoms with Crippen molar-refractivity contribution in [2.45, 2.75) is 39.2 Å². The van der Waals surface area contributed by atoms with E-state index in [2.05, 4.69) is 10.3 Å². The van der Waals surface area contributed by atoms with E-state index in [1.54, 1.807) is 6.07 Å². The second-order valence-electron chi connectivity index (χ2n) is 5.41. The summed E-state index contributed by atoms with van der Waals surface area (Å²) in [5.74, 6) is -0.995. The third-order valence-electron chi connectivity index (χ3n) is 2.60. The first kappa shape index (κ1) is 15.4. The van der Waals surface area contributed by atoms with Crippen LogP contribution in [0.3, 0.4) is 0 Å². The van der Waals surface area contributed by atoms with Crippen molar-refractivity contribution in [3.05, 3.63) is 28.5 Å². The molecule has 0 aliphatic rings. The average Bonchev–Trinajstić information content (AvgIpc) is 2.26. The summed E-state index contributed by atoms with van der Waals surface area (Å²) in [5, 5.41) is 2.74. The molecule has 0 fully saturated rings. The van der Waals surface area contributed by atoms with Gasteiger partial charge in [-0.3, -0.25) is 9.59 Å². The van der Waals surface area contributed by atoms with Gasteiger partial charge in [0.05, 0.1) is 0 Å². The van der Waals surface area contributed by atoms with Gasteiger partial charge < -0.3 is 11.1 Å². The summed E-state index contributed by atoms with van der Waals surface area (Å²) < 4.78 is 0. The summed E-state index contributed by atoms with van der Waals surface area (Å²) in [6.45, 7) is 7.44. The van der Waals surface area contributed by atoms with Gasteiger partial charge in [0.25, 0.3) is 5.91 Å². The van der Waals surface area contributed by atoms with Crippen molar-refractivity contribution in [1.82, 2.24) is 10.3 Å². The number of hydrogen-bond donors (Lipinski definition) is 2. The predicted octanol–water partition coefficient (Wildman–Crippen LogP) is 1.64. The molecule has 19 heavy (non-hydrogen) atoms. The van der Waals surface area contributed by atoms with Crippen molar-refractivity contribution in [3.63, 3.8) is 0 Å². The molecule has 0 bridgehead atoms. The van der Waals surface area contributed by atoms with E-state index in [9.17, 15) is 9.59 Å². The van der Waals surface area contributed by atoms with E-state index in [0.29, 0.717) is 11.3 Å². The molecule has 0 radical (unpaired) electrons. The van der Waals surface area contributed by atoms with Gasteiger partial charge in [-0.15, -0.1) is 0 Å². The molecule has 2 amide bonds. The average molecular weight is 284 g/mol. The number of carbonyl (C=O) groups excluding carboxylic acids is 2. The molecule has 1 atom stereocenters. The van der Waals surface area contributed by atoms with Crippen LogP contribution in [0, 0.1) is 0 Å². The maximum absolute atomic E-state index is 12.0. The second kappa shape index (κ2) is 5.57. The van der Waals surface area contributed by atoms with Gasteiger partial charge in [0.2, 0.25) is 5.91 Å². The van der Waals surface area contributed by atoms with Crippen LogP contribution in [0.1, 0.15) is 43.7 Å². The highest BCUT2D eigenvalue weighted by atomic mass is 35.5. The van der Waals surface area contributed by atoms with Crippen LogP contribution < -0.4 is 11.1 Å². The van der Waals surface area contributed by atoms with Crippen LogP contribution in [-0.4, -0.2) is 22.8 Å². The normalized spacial score (nSPS) is 12.9. The first-order valence-electron chi connectivity index (χ1n) is 5.89. The highest BCUT2D eigenvalue weighted by molar-refractivity contribution is 6.29. The van der Waals surface area contributed by atoms with Crippen molar-refractivity contribution in [1.29, 1.82) is 0 Å². The molecule has 0 aromatic carbocycles. The summed E-state index contributed by atoms with van der Waals surface area (Å²) in [4.78, 5) is 27.1. The fourth-order valence-electron chi connectivity index (χ4n) is 1.36. The first-order chi connectivity index (χ1) is 8.61. The molecule has 0 aliphatic carbocycles. The van der Waals surface area contributed by atoms with Crippen molar-refractivity contribution in [2.75, 3.05) is 0 Å². The molecule has 104 valence electrons. The third-order valence-corrected chi connectivity index (χ3v) is 2.79. The zero-order chi connectivity index (χ0) is 14.8. The number of nitrogens with zero attached hydrogens (tertiary/aromatic N) is 1. The number of pyridine rings is 1. The number of aromatic nitrogens is 1. The molecule has 1 aromatic rings. The fourth-order valence-corrected chi connectivity index (χ4v) is 1.57. The van der Waals surface area contributed by atoms with E-state index in [1.807, 2.05) is 20.8 Å². The second-order valence-corrected chi connectivity index (χ2v) is 5.80. The Labute approximate surface area is 117 Å². The van der Waals surface area contributed by atoms with Gasteiger partial charge in [-0.05, 0) is 19.1 Å². The number of nitrogens with one attached hydrogen (secondary N) is 1. The summed E-state index contributed by atoms with van der Waals surface area (Å²) in [6.07, 6.45) is 0. The van der Waals surface area contributed by atoms with Crippen molar-refractivity contribution >= 4 is 23.4 Å². The SMILES string of the molecule is CC(NC(=O)c1cc(Cl)nc(C(C)(C)C)c1)C(N)=O. The molecule has 0 saturated heterocycles. The zero-order valence-corrected chi connectivity index (χ0v) is 12.2. The Bertz CT molecular complexity index is 509. The zero-order valence-electron chi connectivity index (χ0n) is 11.5. The highest BCUT2D eigenvalue weighted by Crippen LogP contribution is 2.23. The summed E-state index contributed by atoms with van der Waals surface area (Å²) in [6, 6.07) is 2.38. The van der Waals surface area contributed by atoms with Gasteiger partial charge in [-0.25, -0.2) is 4.98 Å². The van der Waals surface area contributed by atoms with Crippen LogP contribution in [0.25, 0.3) is 0 Å². The van der Waals surface area contributed by atoms with Crippen molar-refractivity contribution in [2.24, 2.45) is 5.73 Å². The van der Waals surface area contributed by atoms with Crippen molar-refractivity contribution < 1.29 is 9.59 Å². The van der Waals surface area contributed by atoms with E-state index in [0.717, 1.165) is 0 Å². The third kappa shape index (κ3) is 4.21. The molecule has 1 aromatic heterocycles. The Hall–Kier alpha value is -1.62. The number of primary amides is 1. The Morgan fingerprint density at radius 2 is 1.95 bits per heavy atom. The molecular formula is C13H18ClN3O2. The number of carbonyl (C=O) groups is 2. The maximum Gasteiger partial charge on any atom is 0.252 e. The Morgan fingerprint density at radius 1 is 1.37 bits per heavy atom. The molecule has 1 rings (SSSR count). The van der Waals surface area contributed by atoms with E-state index >= 15 is 0 Å². The van der Waals surface area contributed by atoms with Gasteiger partial charge in [0, 0.05) is 16.7 Å². The lowest BCUT2D eigenvalue weighted by atomic mass is 9.91. The van der Waals surface area contributed by atoms with E-state index in [-0.39, 0.29) is 10.6 Å². The van der Waals surface area contributed by atoms with Crippen LogP contribution in [-0.2, 0) is 10.2 Å². The van der Waals surface area contributed by atoms with E-state index in [4.69, 9.17) is 17.3 Å². The molecule has 3 N–H and O–H groups in total. The standard InChI is InChI=1S/C13H18ClN3O2/c1-7(11(15)18)16-12(19)8-5-9(13(2,3)4)17-10(14)6-8/h5-7H,1-4H3,(H2,15,18)(H,16,19). The first-order valence-corrected chi connectivity index (χ1v) is 6.27. The van der Waals surface area contributed by atoms with Gasteiger partial charge in [0.15, 0.2) is 0 Å². The van der Waals surface area contributed by atoms with Gasteiger partial charge in [0.1, 0.15) is 11.2 Å². The van der Waals surface area contributed by atoms with Gasteiger partial charge in [-0.2, -0.15) is 0 Å². The highest BCUT2D eigenvalue weighted by Gasteiger charge is 2.20. The molecule has 6 heteroatoms. The van der Waals surface area contributed by atoms with Crippen LogP contribution >= 0.6 is 11.6 Å². The monoisotopic (exact) mass is 283 g/mol. The number of amides is 2. The summed E-state index contributed by atoms with van der Waals surface area (Å²) in [7, 11) is 0. The van der Waals surface area contributed by atoms with Crippen LogP contribution in [0.2, 0.25) is 5.15 Å². The van der Waals surface area contributed by atoms with E-state index in [1.165, 1.54) is 13.0 Å². The van der Waals surface area contributed by atoms with Crippen molar-refractivity contribution in [3.8, 4) is 0 Å². The summed E-state index contributed by atoms with van der Waals surface area (Å²) in [5.41, 5.74) is 5.94. The predicted molar refractivity (Wildman–Crippen MR) is 74.1 cm³/mol. The minimum Gasteiger partial charge on any atom is -0.368 e. The lowest BCUT2D eigenvalue weighted by molar-refractivity contribution is -0.119. The minimum absolute atomic E-state index is 0.227. The Kier molecular flexibility index (Phi) is 4.52. The molecule has 1 heterocycles. The van der Waals surface area contributed by atoms with Gasteiger partial charge in [-0.1, -0.05) is 32.4 Å². The van der Waals surface area contributed by atoms with Crippen LogP contribution in [0.15, 0.2) is 12.1 Å². The lowest BCUT2D eigenvalue weighted by Crippen LogP contribution is -2.42. The fraction of sp³-hybridized carbons (Fsp3) is 0.462. The molecule has 5 nitrogen and oxygen atoms in total. The van der Waals surface area contributed by atoms with E-state index < -0.39 is 17.9 Å². The van der Waals surface area contributed by atoms with Gasteiger partial charge >= 0.3 is 0 Å². The molecule has 1 unspecified atom stereocenters.